The van der Waals surface area contributed by atoms with Crippen LogP contribution in [0.5, 0.6) is 5.75 Å². The third-order valence-corrected chi connectivity index (χ3v) is 3.84. The van der Waals surface area contributed by atoms with Gasteiger partial charge < -0.3 is 10.1 Å². The molecule has 1 aliphatic rings. The van der Waals surface area contributed by atoms with Gasteiger partial charge in [-0.1, -0.05) is 12.1 Å². The second kappa shape index (κ2) is 5.53. The summed E-state index contributed by atoms with van der Waals surface area (Å²) in [6.07, 6.45) is 1.99. The van der Waals surface area contributed by atoms with Gasteiger partial charge in [0.25, 0.3) is 0 Å². The smallest absolute Gasteiger partial charge is 0.123 e. The van der Waals surface area contributed by atoms with Gasteiger partial charge in [-0.3, -0.25) is 0 Å². The van der Waals surface area contributed by atoms with Crippen LogP contribution in [0.2, 0.25) is 0 Å². The second-order valence-corrected chi connectivity index (χ2v) is 5.30. The number of nitrogens with one attached hydrogen (secondary N) is 1. The van der Waals surface area contributed by atoms with E-state index in [4.69, 9.17) is 4.74 Å². The van der Waals surface area contributed by atoms with Crippen LogP contribution in [0.15, 0.2) is 42.5 Å². The van der Waals surface area contributed by atoms with Crippen molar-refractivity contribution in [2.75, 3.05) is 19.0 Å². The monoisotopic (exact) mass is 271 g/mol. The van der Waals surface area contributed by atoms with Crippen molar-refractivity contribution in [3.05, 3.63) is 59.4 Å². The Morgan fingerprint density at radius 1 is 1.20 bits per heavy atom. The number of rotatable bonds is 3. The van der Waals surface area contributed by atoms with E-state index in [1.807, 2.05) is 18.2 Å². The van der Waals surface area contributed by atoms with Crippen LogP contribution >= 0.6 is 0 Å². The van der Waals surface area contributed by atoms with Crippen molar-refractivity contribution >= 4 is 5.69 Å². The van der Waals surface area contributed by atoms with E-state index in [9.17, 15) is 4.39 Å². The van der Waals surface area contributed by atoms with Crippen LogP contribution in [0.25, 0.3) is 0 Å². The van der Waals surface area contributed by atoms with Gasteiger partial charge in [-0.15, -0.1) is 0 Å². The number of methoxy groups -OCH3 is 1. The Labute approximate surface area is 118 Å². The van der Waals surface area contributed by atoms with E-state index in [1.54, 1.807) is 7.11 Å². The van der Waals surface area contributed by atoms with Crippen LogP contribution in [0.4, 0.5) is 10.1 Å². The normalized spacial score (nSPS) is 17.2. The molecule has 0 bridgehead atoms. The molecule has 2 aromatic rings. The van der Waals surface area contributed by atoms with E-state index in [1.165, 1.54) is 28.9 Å². The van der Waals surface area contributed by atoms with E-state index < -0.39 is 0 Å². The van der Waals surface area contributed by atoms with Gasteiger partial charge in [0.2, 0.25) is 0 Å². The van der Waals surface area contributed by atoms with Crippen molar-refractivity contribution < 1.29 is 9.13 Å². The van der Waals surface area contributed by atoms with Crippen LogP contribution < -0.4 is 10.1 Å². The summed E-state index contributed by atoms with van der Waals surface area (Å²) in [5.41, 5.74) is 3.67. The third kappa shape index (κ3) is 2.77. The Kier molecular flexibility index (Phi) is 3.59. The maximum absolute atomic E-state index is 12.9. The summed E-state index contributed by atoms with van der Waals surface area (Å²) < 4.78 is 18.2. The molecular weight excluding hydrogens is 253 g/mol. The van der Waals surface area contributed by atoms with E-state index >= 15 is 0 Å². The molecule has 0 saturated heterocycles. The molecule has 0 spiro atoms. The first-order valence-electron chi connectivity index (χ1n) is 6.90. The second-order valence-electron chi connectivity index (χ2n) is 5.30. The Hall–Kier alpha value is -2.03. The predicted octanol–water partition coefficient (Wildman–Crippen LogP) is 3.66. The highest BCUT2D eigenvalue weighted by atomic mass is 19.1. The number of hydrogen-bond acceptors (Lipinski definition) is 2. The first-order valence-corrected chi connectivity index (χ1v) is 6.90. The van der Waals surface area contributed by atoms with Gasteiger partial charge in [-0.2, -0.15) is 0 Å². The molecule has 20 heavy (non-hydrogen) atoms. The van der Waals surface area contributed by atoms with Crippen molar-refractivity contribution in [2.45, 2.75) is 12.8 Å². The van der Waals surface area contributed by atoms with Crippen molar-refractivity contribution in [3.8, 4) is 5.75 Å². The summed E-state index contributed by atoms with van der Waals surface area (Å²) in [5.74, 6) is 1.25. The molecule has 1 heterocycles. The number of benzene rings is 2. The summed E-state index contributed by atoms with van der Waals surface area (Å²) in [7, 11) is 1.69. The lowest BCUT2D eigenvalue weighted by Crippen LogP contribution is -2.24. The van der Waals surface area contributed by atoms with E-state index in [0.717, 1.165) is 25.1 Å². The van der Waals surface area contributed by atoms with Gasteiger partial charge in [-0.25, -0.2) is 4.39 Å². The average molecular weight is 271 g/mol. The van der Waals surface area contributed by atoms with E-state index in [2.05, 4.69) is 17.4 Å². The Morgan fingerprint density at radius 3 is 2.75 bits per heavy atom. The fraction of sp³-hybridized carbons (Fsp3) is 0.294. The molecule has 0 amide bonds. The number of fused-ring (bicyclic) bond motifs is 1. The molecule has 1 atom stereocenters. The molecule has 0 aromatic heterocycles. The minimum Gasteiger partial charge on any atom is -0.497 e. The van der Waals surface area contributed by atoms with Gasteiger partial charge in [0.15, 0.2) is 0 Å². The summed E-state index contributed by atoms with van der Waals surface area (Å²) in [6.45, 7) is 0.955. The van der Waals surface area contributed by atoms with Crippen LogP contribution in [-0.2, 0) is 12.8 Å². The third-order valence-electron chi connectivity index (χ3n) is 3.84. The number of halogens is 1. The van der Waals surface area contributed by atoms with Crippen molar-refractivity contribution in [3.63, 3.8) is 0 Å². The molecule has 0 radical (unpaired) electrons. The average Bonchev–Trinajstić information content (AvgIpc) is 2.49. The quantitative estimate of drug-likeness (QED) is 0.920. The fourth-order valence-electron chi connectivity index (χ4n) is 2.77. The standard InChI is InChI=1S/C17H18FNO/c1-20-16-6-7-17-14(10-16)9-13(11-19-17)8-12-2-4-15(18)5-3-12/h2-7,10,13,19H,8-9,11H2,1H3. The SMILES string of the molecule is COc1ccc2c(c1)CC(Cc1ccc(F)cc1)CN2. The molecule has 104 valence electrons. The highest BCUT2D eigenvalue weighted by Crippen LogP contribution is 2.29. The fourth-order valence-corrected chi connectivity index (χ4v) is 2.77. The van der Waals surface area contributed by atoms with Crippen LogP contribution in [0.1, 0.15) is 11.1 Å². The highest BCUT2D eigenvalue weighted by molar-refractivity contribution is 5.56. The molecule has 3 heteroatoms. The molecular formula is C17H18FNO. The van der Waals surface area contributed by atoms with E-state index in [-0.39, 0.29) is 5.82 Å². The van der Waals surface area contributed by atoms with Gasteiger partial charge in [0.1, 0.15) is 11.6 Å². The lowest BCUT2D eigenvalue weighted by atomic mass is 9.89. The largest absolute Gasteiger partial charge is 0.497 e. The number of anilines is 1. The molecule has 0 saturated carbocycles. The Bertz CT molecular complexity index is 594. The zero-order valence-electron chi connectivity index (χ0n) is 11.5. The van der Waals surface area contributed by atoms with Gasteiger partial charge in [0.05, 0.1) is 7.11 Å². The molecule has 2 nitrogen and oxygen atoms in total. The Balaban J connectivity index is 1.73. The van der Waals surface area contributed by atoms with Gasteiger partial charge in [-0.05, 0) is 60.2 Å². The molecule has 1 aliphatic heterocycles. The molecule has 3 rings (SSSR count). The van der Waals surface area contributed by atoms with E-state index in [0.29, 0.717) is 5.92 Å². The summed E-state index contributed by atoms with van der Waals surface area (Å²) in [5, 5.41) is 3.47. The topological polar surface area (TPSA) is 21.3 Å². The number of hydrogen-bond donors (Lipinski definition) is 1. The molecule has 0 fully saturated rings. The van der Waals surface area contributed by atoms with Crippen molar-refractivity contribution in [1.29, 1.82) is 0 Å². The lowest BCUT2D eigenvalue weighted by molar-refractivity contribution is 0.413. The zero-order valence-corrected chi connectivity index (χ0v) is 11.5. The zero-order chi connectivity index (χ0) is 13.9. The molecule has 2 aromatic carbocycles. The van der Waals surface area contributed by atoms with Crippen LogP contribution in [0.3, 0.4) is 0 Å². The minimum atomic E-state index is -0.175. The predicted molar refractivity (Wildman–Crippen MR) is 78.8 cm³/mol. The van der Waals surface area contributed by atoms with Gasteiger partial charge >= 0.3 is 0 Å². The molecule has 0 aliphatic carbocycles. The minimum absolute atomic E-state index is 0.175. The van der Waals surface area contributed by atoms with Crippen molar-refractivity contribution in [1.82, 2.24) is 0 Å². The molecule has 1 N–H and O–H groups in total. The Morgan fingerprint density at radius 2 is 2.00 bits per heavy atom. The molecule has 1 unspecified atom stereocenters. The summed E-state index contributed by atoms with van der Waals surface area (Å²) >= 11 is 0. The first-order chi connectivity index (χ1) is 9.74. The maximum Gasteiger partial charge on any atom is 0.123 e. The van der Waals surface area contributed by atoms with Crippen molar-refractivity contribution in [2.24, 2.45) is 5.92 Å². The summed E-state index contributed by atoms with van der Waals surface area (Å²) in [4.78, 5) is 0. The first kappa shape index (κ1) is 13.0. The van der Waals surface area contributed by atoms with Crippen LogP contribution in [0, 0.1) is 11.7 Å². The van der Waals surface area contributed by atoms with Gasteiger partial charge in [0, 0.05) is 12.2 Å². The van der Waals surface area contributed by atoms with Crippen LogP contribution in [-0.4, -0.2) is 13.7 Å². The number of ether oxygens (including phenoxy) is 1. The maximum atomic E-state index is 12.9. The lowest BCUT2D eigenvalue weighted by Gasteiger charge is -2.26. The highest BCUT2D eigenvalue weighted by Gasteiger charge is 2.19. The summed E-state index contributed by atoms with van der Waals surface area (Å²) in [6, 6.07) is 12.9.